The lowest BCUT2D eigenvalue weighted by Gasteiger charge is -2.11. The van der Waals surface area contributed by atoms with Gasteiger partial charge in [0.2, 0.25) is 0 Å². The molecule has 0 bridgehead atoms. The quantitative estimate of drug-likeness (QED) is 0.166. The van der Waals surface area contributed by atoms with E-state index in [4.69, 9.17) is 20.1 Å². The molecule has 55 heavy (non-hydrogen) atoms. The van der Waals surface area contributed by atoms with Crippen molar-refractivity contribution in [3.05, 3.63) is 200 Å². The minimum atomic E-state index is 0.623. The molecule has 0 spiro atoms. The lowest BCUT2D eigenvalue weighted by Crippen LogP contribution is -2.00. The number of benzene rings is 7. The summed E-state index contributed by atoms with van der Waals surface area (Å²) in [6.45, 7) is 0. The van der Waals surface area contributed by atoms with Gasteiger partial charge in [-0.1, -0.05) is 182 Å². The van der Waals surface area contributed by atoms with Crippen LogP contribution in [0.2, 0.25) is 0 Å². The van der Waals surface area contributed by atoms with E-state index >= 15 is 0 Å². The fourth-order valence-corrected chi connectivity index (χ4v) is 7.40. The van der Waals surface area contributed by atoms with Gasteiger partial charge in [0.1, 0.15) is 5.69 Å². The molecule has 0 aliphatic rings. The molecule has 0 aliphatic carbocycles. The Bertz CT molecular complexity index is 2900. The van der Waals surface area contributed by atoms with Crippen molar-refractivity contribution in [3.63, 3.8) is 0 Å². The second-order valence-electron chi connectivity index (χ2n) is 13.5. The number of nitrogens with zero attached hydrogens (tertiary/aromatic N) is 5. The van der Waals surface area contributed by atoms with Gasteiger partial charge in [-0.05, 0) is 40.3 Å². The molecule has 0 atom stereocenters. The van der Waals surface area contributed by atoms with Crippen molar-refractivity contribution < 1.29 is 0 Å². The summed E-state index contributed by atoms with van der Waals surface area (Å²) < 4.78 is 2.14. The second kappa shape index (κ2) is 13.8. The first kappa shape index (κ1) is 32.2. The highest BCUT2D eigenvalue weighted by atomic mass is 15.2. The van der Waals surface area contributed by atoms with Crippen LogP contribution in [0.3, 0.4) is 0 Å². The fourth-order valence-electron chi connectivity index (χ4n) is 7.40. The van der Waals surface area contributed by atoms with Crippen molar-refractivity contribution in [3.8, 4) is 78.9 Å². The molecule has 3 heterocycles. The van der Waals surface area contributed by atoms with E-state index in [-0.39, 0.29) is 0 Å². The largest absolute Gasteiger partial charge is 0.231 e. The first-order valence-electron chi connectivity index (χ1n) is 18.4. The lowest BCUT2D eigenvalue weighted by atomic mass is 9.95. The Morgan fingerprint density at radius 1 is 0.327 bits per heavy atom. The van der Waals surface area contributed by atoms with Crippen LogP contribution in [0.15, 0.2) is 200 Å². The van der Waals surface area contributed by atoms with Crippen LogP contribution in [0, 0.1) is 0 Å². The maximum atomic E-state index is 5.45. The zero-order chi connectivity index (χ0) is 36.6. The third kappa shape index (κ3) is 6.04. The molecule has 7 aromatic carbocycles. The summed E-state index contributed by atoms with van der Waals surface area (Å²) in [5, 5.41) is 7.78. The van der Waals surface area contributed by atoms with Crippen molar-refractivity contribution in [2.45, 2.75) is 0 Å². The van der Waals surface area contributed by atoms with Crippen LogP contribution in [0.1, 0.15) is 0 Å². The van der Waals surface area contributed by atoms with Crippen LogP contribution in [-0.2, 0) is 0 Å². The third-order valence-electron chi connectivity index (χ3n) is 10.0. The standard InChI is InChI=1S/C50H33N5/c1-5-17-34(18-6-1)44-33-40-25-13-14-30-43(40)47-45(35-19-7-2-8-20-35)46(54-55(44)47)41-28-15-26-38(31-41)39-27-16-29-42(32-39)50-52-48(36-21-9-3-10-22-36)51-49(53-50)37-23-11-4-12-24-37/h1-33H. The number of fused-ring (bicyclic) bond motifs is 3. The maximum Gasteiger partial charge on any atom is 0.164 e. The van der Waals surface area contributed by atoms with Gasteiger partial charge in [-0.2, -0.15) is 5.10 Å². The summed E-state index contributed by atoms with van der Waals surface area (Å²) in [5.41, 5.74) is 12.4. The van der Waals surface area contributed by atoms with E-state index in [0.717, 1.165) is 72.4 Å². The Morgan fingerprint density at radius 3 is 1.36 bits per heavy atom. The topological polar surface area (TPSA) is 56.0 Å². The zero-order valence-electron chi connectivity index (χ0n) is 29.8. The molecule has 0 N–H and O–H groups in total. The second-order valence-corrected chi connectivity index (χ2v) is 13.5. The van der Waals surface area contributed by atoms with E-state index in [2.05, 4.69) is 144 Å². The van der Waals surface area contributed by atoms with Gasteiger partial charge in [0.05, 0.1) is 11.2 Å². The average Bonchev–Trinajstić information content (AvgIpc) is 3.69. The first-order valence-corrected chi connectivity index (χ1v) is 18.4. The van der Waals surface area contributed by atoms with Gasteiger partial charge in [0, 0.05) is 38.8 Å². The molecular formula is C50H33N5. The molecule has 0 unspecified atom stereocenters. The Hall–Kier alpha value is -7.50. The van der Waals surface area contributed by atoms with Crippen molar-refractivity contribution in [2.75, 3.05) is 0 Å². The minimum Gasteiger partial charge on any atom is -0.231 e. The highest BCUT2D eigenvalue weighted by Crippen LogP contribution is 2.41. The SMILES string of the molecule is c1ccc(-c2nc(-c3ccccc3)nc(-c3cccc(-c4cccc(-c5nn6c(-c7ccccc7)cc7ccccc7c6c5-c5ccccc5)c4)c3)n2)cc1. The van der Waals surface area contributed by atoms with Crippen LogP contribution in [0.5, 0.6) is 0 Å². The average molecular weight is 704 g/mol. The summed E-state index contributed by atoms with van der Waals surface area (Å²) in [6.07, 6.45) is 0. The summed E-state index contributed by atoms with van der Waals surface area (Å²) >= 11 is 0. The molecule has 0 saturated heterocycles. The summed E-state index contributed by atoms with van der Waals surface area (Å²) in [6, 6.07) is 69.3. The molecule has 0 fully saturated rings. The molecule has 0 aliphatic heterocycles. The van der Waals surface area contributed by atoms with Gasteiger partial charge in [-0.15, -0.1) is 0 Å². The van der Waals surface area contributed by atoms with E-state index in [1.165, 1.54) is 5.39 Å². The Morgan fingerprint density at radius 2 is 0.764 bits per heavy atom. The third-order valence-corrected chi connectivity index (χ3v) is 10.0. The van der Waals surface area contributed by atoms with Gasteiger partial charge >= 0.3 is 0 Å². The summed E-state index contributed by atoms with van der Waals surface area (Å²) in [7, 11) is 0. The van der Waals surface area contributed by atoms with Gasteiger partial charge in [0.15, 0.2) is 17.5 Å². The van der Waals surface area contributed by atoms with E-state index in [1.807, 2.05) is 60.7 Å². The van der Waals surface area contributed by atoms with Crippen molar-refractivity contribution in [1.82, 2.24) is 24.6 Å². The molecule has 10 aromatic rings. The monoisotopic (exact) mass is 703 g/mol. The Labute approximate surface area is 318 Å². The molecule has 5 nitrogen and oxygen atoms in total. The van der Waals surface area contributed by atoms with Gasteiger partial charge < -0.3 is 0 Å². The maximum absolute atomic E-state index is 5.45. The predicted octanol–water partition coefficient (Wildman–Crippen LogP) is 12.3. The number of hydrogen-bond acceptors (Lipinski definition) is 4. The smallest absolute Gasteiger partial charge is 0.164 e. The number of rotatable bonds is 7. The molecule has 3 aromatic heterocycles. The lowest BCUT2D eigenvalue weighted by molar-refractivity contribution is 0.979. The van der Waals surface area contributed by atoms with Gasteiger partial charge in [-0.25, -0.2) is 19.5 Å². The van der Waals surface area contributed by atoms with E-state index in [0.29, 0.717) is 17.5 Å². The first-order chi connectivity index (χ1) is 27.3. The predicted molar refractivity (Wildman–Crippen MR) is 224 cm³/mol. The van der Waals surface area contributed by atoms with Crippen LogP contribution < -0.4 is 0 Å². The Kier molecular flexibility index (Phi) is 8.08. The summed E-state index contributed by atoms with van der Waals surface area (Å²) in [5.74, 6) is 1.90. The van der Waals surface area contributed by atoms with Crippen molar-refractivity contribution in [1.29, 1.82) is 0 Å². The van der Waals surface area contributed by atoms with Crippen molar-refractivity contribution >= 4 is 16.3 Å². The van der Waals surface area contributed by atoms with E-state index in [1.54, 1.807) is 0 Å². The molecule has 5 heteroatoms. The molecule has 10 rings (SSSR count). The molecule has 0 saturated carbocycles. The summed E-state index contributed by atoms with van der Waals surface area (Å²) in [4.78, 5) is 14.9. The number of hydrogen-bond donors (Lipinski definition) is 0. The fraction of sp³-hybridized carbons (Fsp3) is 0. The Balaban J connectivity index is 1.14. The van der Waals surface area contributed by atoms with Crippen LogP contribution >= 0.6 is 0 Å². The van der Waals surface area contributed by atoms with Gasteiger partial charge in [-0.3, -0.25) is 0 Å². The normalized spacial score (nSPS) is 11.3. The molecule has 258 valence electrons. The number of aromatic nitrogens is 5. The molecule has 0 radical (unpaired) electrons. The minimum absolute atomic E-state index is 0.623. The van der Waals surface area contributed by atoms with Crippen LogP contribution in [-0.4, -0.2) is 24.6 Å². The van der Waals surface area contributed by atoms with E-state index in [9.17, 15) is 0 Å². The number of pyridine rings is 1. The zero-order valence-corrected chi connectivity index (χ0v) is 29.8. The van der Waals surface area contributed by atoms with Crippen LogP contribution in [0.25, 0.3) is 95.2 Å². The molecule has 0 amide bonds. The highest BCUT2D eigenvalue weighted by molar-refractivity contribution is 6.08. The molecular weight excluding hydrogens is 671 g/mol. The van der Waals surface area contributed by atoms with Gasteiger partial charge in [0.25, 0.3) is 0 Å². The van der Waals surface area contributed by atoms with Crippen LogP contribution in [0.4, 0.5) is 0 Å². The van der Waals surface area contributed by atoms with E-state index < -0.39 is 0 Å². The van der Waals surface area contributed by atoms with Crippen molar-refractivity contribution in [2.24, 2.45) is 0 Å². The highest BCUT2D eigenvalue weighted by Gasteiger charge is 2.22.